The van der Waals surface area contributed by atoms with Crippen LogP contribution in [0.2, 0.25) is 0 Å². The number of hydrogen-bond acceptors (Lipinski definition) is 3. The lowest BCUT2D eigenvalue weighted by Gasteiger charge is -1.95. The summed E-state index contributed by atoms with van der Waals surface area (Å²) in [7, 11) is 1.88. The molecule has 92 valence electrons. The second kappa shape index (κ2) is 4.29. The lowest BCUT2D eigenvalue weighted by Crippen LogP contribution is -1.84. The molecular formula is C14H15N3O. The fraction of sp³-hybridized carbons (Fsp3) is 0.286. The normalized spacial score (nSPS) is 11.2. The highest BCUT2D eigenvalue weighted by Gasteiger charge is 2.10. The Balaban J connectivity index is 2.05. The highest BCUT2D eigenvalue weighted by atomic mass is 16.3. The summed E-state index contributed by atoms with van der Waals surface area (Å²) in [5, 5.41) is 4.13. The smallest absolute Gasteiger partial charge is 0.230 e. The molecule has 3 aromatic rings. The van der Waals surface area contributed by atoms with Crippen molar-refractivity contribution in [2.45, 2.75) is 19.8 Å². The molecule has 3 rings (SSSR count). The molecular weight excluding hydrogens is 226 g/mol. The van der Waals surface area contributed by atoms with Gasteiger partial charge in [-0.25, -0.2) is 4.98 Å². The van der Waals surface area contributed by atoms with Gasteiger partial charge in [-0.2, -0.15) is 5.10 Å². The first-order valence-corrected chi connectivity index (χ1v) is 6.15. The van der Waals surface area contributed by atoms with Crippen LogP contribution in [0.1, 0.15) is 18.9 Å². The maximum absolute atomic E-state index is 5.74. The van der Waals surface area contributed by atoms with Crippen molar-refractivity contribution in [2.24, 2.45) is 7.05 Å². The SMILES string of the molecule is CCCc1ccc2oc(-c3cnn(C)c3)nc2c1. The average molecular weight is 241 g/mol. The van der Waals surface area contributed by atoms with Gasteiger partial charge >= 0.3 is 0 Å². The highest BCUT2D eigenvalue weighted by molar-refractivity contribution is 5.76. The average Bonchev–Trinajstić information content (AvgIpc) is 2.94. The van der Waals surface area contributed by atoms with E-state index in [1.54, 1.807) is 10.9 Å². The first kappa shape index (κ1) is 11.0. The minimum absolute atomic E-state index is 0.631. The van der Waals surface area contributed by atoms with E-state index in [0.717, 1.165) is 29.5 Å². The van der Waals surface area contributed by atoms with Crippen LogP contribution in [0.4, 0.5) is 0 Å². The number of fused-ring (bicyclic) bond motifs is 1. The van der Waals surface area contributed by atoms with Crippen molar-refractivity contribution < 1.29 is 4.42 Å². The van der Waals surface area contributed by atoms with E-state index < -0.39 is 0 Å². The van der Waals surface area contributed by atoms with E-state index >= 15 is 0 Å². The Hall–Kier alpha value is -2.10. The Labute approximate surface area is 105 Å². The molecule has 2 heterocycles. The maximum Gasteiger partial charge on any atom is 0.230 e. The molecule has 0 saturated carbocycles. The largest absolute Gasteiger partial charge is 0.436 e. The van der Waals surface area contributed by atoms with E-state index in [1.165, 1.54) is 5.56 Å². The zero-order valence-corrected chi connectivity index (χ0v) is 10.6. The van der Waals surface area contributed by atoms with E-state index in [0.29, 0.717) is 5.89 Å². The molecule has 0 saturated heterocycles. The van der Waals surface area contributed by atoms with Crippen molar-refractivity contribution in [2.75, 3.05) is 0 Å². The molecule has 0 fully saturated rings. The Kier molecular flexibility index (Phi) is 2.63. The minimum atomic E-state index is 0.631. The number of aromatic nitrogens is 3. The molecule has 0 unspecified atom stereocenters. The predicted molar refractivity (Wildman–Crippen MR) is 70.2 cm³/mol. The third-order valence-electron chi connectivity index (χ3n) is 2.94. The second-order valence-electron chi connectivity index (χ2n) is 4.47. The van der Waals surface area contributed by atoms with Gasteiger partial charge in [0.1, 0.15) is 5.52 Å². The third kappa shape index (κ3) is 1.90. The lowest BCUT2D eigenvalue weighted by atomic mass is 10.1. The Morgan fingerprint density at radius 3 is 2.94 bits per heavy atom. The Bertz CT molecular complexity index is 681. The summed E-state index contributed by atoms with van der Waals surface area (Å²) in [4.78, 5) is 4.52. The van der Waals surface area contributed by atoms with Crippen LogP contribution < -0.4 is 0 Å². The van der Waals surface area contributed by atoms with E-state index in [2.05, 4.69) is 29.1 Å². The van der Waals surface area contributed by atoms with Crippen molar-refractivity contribution in [1.82, 2.24) is 14.8 Å². The van der Waals surface area contributed by atoms with Gasteiger partial charge in [0.25, 0.3) is 0 Å². The first-order valence-electron chi connectivity index (χ1n) is 6.15. The molecule has 0 atom stereocenters. The van der Waals surface area contributed by atoms with Crippen LogP contribution in [0.15, 0.2) is 35.0 Å². The van der Waals surface area contributed by atoms with Crippen LogP contribution >= 0.6 is 0 Å². The molecule has 0 aliphatic heterocycles. The van der Waals surface area contributed by atoms with Crippen molar-refractivity contribution in [3.63, 3.8) is 0 Å². The van der Waals surface area contributed by atoms with Crippen LogP contribution in [-0.4, -0.2) is 14.8 Å². The van der Waals surface area contributed by atoms with E-state index in [9.17, 15) is 0 Å². The van der Waals surface area contributed by atoms with Gasteiger partial charge in [0.05, 0.1) is 11.8 Å². The quantitative estimate of drug-likeness (QED) is 0.707. The van der Waals surface area contributed by atoms with Crippen molar-refractivity contribution in [3.8, 4) is 11.5 Å². The molecule has 0 bridgehead atoms. The second-order valence-corrected chi connectivity index (χ2v) is 4.47. The molecule has 4 heteroatoms. The summed E-state index contributed by atoms with van der Waals surface area (Å²) in [6.45, 7) is 2.17. The molecule has 1 aromatic carbocycles. The molecule has 18 heavy (non-hydrogen) atoms. The van der Waals surface area contributed by atoms with Crippen LogP contribution in [0.5, 0.6) is 0 Å². The van der Waals surface area contributed by atoms with Crippen LogP contribution in [0.25, 0.3) is 22.6 Å². The number of hydrogen-bond donors (Lipinski definition) is 0. The highest BCUT2D eigenvalue weighted by Crippen LogP contribution is 2.24. The topological polar surface area (TPSA) is 43.9 Å². The molecule has 0 N–H and O–H groups in total. The number of nitrogens with zero attached hydrogens (tertiary/aromatic N) is 3. The molecule has 0 amide bonds. The summed E-state index contributed by atoms with van der Waals surface area (Å²) >= 11 is 0. The lowest BCUT2D eigenvalue weighted by molar-refractivity contribution is 0.619. The van der Waals surface area contributed by atoms with Crippen molar-refractivity contribution >= 4 is 11.1 Å². The van der Waals surface area contributed by atoms with Crippen LogP contribution in [-0.2, 0) is 13.5 Å². The van der Waals surface area contributed by atoms with Gasteiger partial charge in [-0.3, -0.25) is 4.68 Å². The fourth-order valence-electron chi connectivity index (χ4n) is 2.07. The number of rotatable bonds is 3. The van der Waals surface area contributed by atoms with Gasteiger partial charge in [0.2, 0.25) is 5.89 Å². The molecule has 2 aromatic heterocycles. The summed E-state index contributed by atoms with van der Waals surface area (Å²) in [6, 6.07) is 6.19. The minimum Gasteiger partial charge on any atom is -0.436 e. The monoisotopic (exact) mass is 241 g/mol. The third-order valence-corrected chi connectivity index (χ3v) is 2.94. The van der Waals surface area contributed by atoms with Crippen LogP contribution in [0.3, 0.4) is 0 Å². The summed E-state index contributed by atoms with van der Waals surface area (Å²) in [6.07, 6.45) is 5.87. The summed E-state index contributed by atoms with van der Waals surface area (Å²) in [5.41, 5.74) is 3.95. The maximum atomic E-state index is 5.74. The molecule has 0 radical (unpaired) electrons. The Morgan fingerprint density at radius 1 is 1.33 bits per heavy atom. The summed E-state index contributed by atoms with van der Waals surface area (Å²) in [5.74, 6) is 0.631. The van der Waals surface area contributed by atoms with Crippen molar-refractivity contribution in [3.05, 3.63) is 36.2 Å². The van der Waals surface area contributed by atoms with Gasteiger partial charge in [0.15, 0.2) is 5.58 Å². The van der Waals surface area contributed by atoms with E-state index in [4.69, 9.17) is 4.42 Å². The Morgan fingerprint density at radius 2 is 2.22 bits per heavy atom. The number of benzene rings is 1. The van der Waals surface area contributed by atoms with Crippen LogP contribution in [0, 0.1) is 0 Å². The van der Waals surface area contributed by atoms with Gasteiger partial charge in [-0.05, 0) is 24.1 Å². The zero-order chi connectivity index (χ0) is 12.5. The molecule has 0 spiro atoms. The summed E-state index contributed by atoms with van der Waals surface area (Å²) < 4.78 is 7.48. The molecule has 0 aliphatic rings. The van der Waals surface area contributed by atoms with Gasteiger partial charge < -0.3 is 4.42 Å². The number of oxazole rings is 1. The number of aryl methyl sites for hydroxylation is 2. The van der Waals surface area contributed by atoms with Crippen molar-refractivity contribution in [1.29, 1.82) is 0 Å². The predicted octanol–water partition coefficient (Wildman–Crippen LogP) is 3.18. The molecule has 4 nitrogen and oxygen atoms in total. The zero-order valence-electron chi connectivity index (χ0n) is 10.6. The van der Waals surface area contributed by atoms with Gasteiger partial charge in [0, 0.05) is 13.2 Å². The van der Waals surface area contributed by atoms with Gasteiger partial charge in [-0.1, -0.05) is 19.4 Å². The van der Waals surface area contributed by atoms with E-state index in [-0.39, 0.29) is 0 Å². The molecule has 0 aliphatic carbocycles. The first-order chi connectivity index (χ1) is 8.76. The van der Waals surface area contributed by atoms with Gasteiger partial charge in [-0.15, -0.1) is 0 Å². The van der Waals surface area contributed by atoms with E-state index in [1.807, 2.05) is 19.3 Å². The standard InChI is InChI=1S/C14H15N3O/c1-3-4-10-5-6-13-12(7-10)16-14(18-13)11-8-15-17(2)9-11/h5-9H,3-4H2,1-2H3. The fourth-order valence-corrected chi connectivity index (χ4v) is 2.07.